The number of nitrogens with two attached hydrogens (primary N) is 1. The van der Waals surface area contributed by atoms with Gasteiger partial charge in [-0.1, -0.05) is 24.9 Å². The van der Waals surface area contributed by atoms with Crippen molar-refractivity contribution in [3.05, 3.63) is 17.5 Å². The molecule has 0 aromatic carbocycles. The zero-order chi connectivity index (χ0) is 13.7. The van der Waals surface area contributed by atoms with Gasteiger partial charge >= 0.3 is 0 Å². The highest BCUT2D eigenvalue weighted by Crippen LogP contribution is 2.23. The van der Waals surface area contributed by atoms with Crippen LogP contribution < -0.4 is 11.3 Å². The summed E-state index contributed by atoms with van der Waals surface area (Å²) in [5.41, 5.74) is 2.29. The minimum absolute atomic E-state index is 0.238. The van der Waals surface area contributed by atoms with E-state index in [0.717, 1.165) is 18.8 Å². The molecular formula is C13H22N4O2. The summed E-state index contributed by atoms with van der Waals surface area (Å²) >= 11 is 0. The van der Waals surface area contributed by atoms with Crippen LogP contribution in [0.15, 0.2) is 10.6 Å². The van der Waals surface area contributed by atoms with E-state index in [2.05, 4.69) is 22.4 Å². The molecule has 2 heterocycles. The van der Waals surface area contributed by atoms with Crippen LogP contribution in [0, 0.1) is 0 Å². The second-order valence-electron chi connectivity index (χ2n) is 5.06. The summed E-state index contributed by atoms with van der Waals surface area (Å²) < 4.78 is 5.21. The maximum absolute atomic E-state index is 11.3. The van der Waals surface area contributed by atoms with Crippen LogP contribution in [-0.4, -0.2) is 28.6 Å². The number of nitrogens with one attached hydrogen (secondary N) is 1. The van der Waals surface area contributed by atoms with Gasteiger partial charge in [0.15, 0.2) is 11.5 Å². The third kappa shape index (κ3) is 3.54. The van der Waals surface area contributed by atoms with Gasteiger partial charge in [-0.25, -0.2) is 5.84 Å². The Kier molecular flexibility index (Phi) is 4.93. The monoisotopic (exact) mass is 266 g/mol. The van der Waals surface area contributed by atoms with E-state index in [1.807, 2.05) is 0 Å². The lowest BCUT2D eigenvalue weighted by atomic mass is 9.98. The molecular weight excluding hydrogens is 244 g/mol. The Labute approximate surface area is 113 Å². The molecule has 0 radical (unpaired) electrons. The molecule has 1 aliphatic heterocycles. The van der Waals surface area contributed by atoms with Crippen LogP contribution in [0.5, 0.6) is 0 Å². The third-order valence-electron chi connectivity index (χ3n) is 3.65. The number of nitrogens with zero attached hydrogens (tertiary/aromatic N) is 2. The van der Waals surface area contributed by atoms with Crippen molar-refractivity contribution < 1.29 is 9.32 Å². The standard InChI is InChI=1S/C13H22N4O2/c1-2-5-10-6-3-4-7-17(10)9-11-8-12(16-19-11)13(18)15-14/h8,10H,2-7,9,14H2,1H3,(H,15,18). The Hall–Kier alpha value is -1.40. The number of carbonyl (C=O) groups excluding carboxylic acids is 1. The molecule has 1 aromatic heterocycles. The first-order valence-electron chi connectivity index (χ1n) is 6.95. The lowest BCUT2D eigenvalue weighted by Crippen LogP contribution is -2.38. The fraction of sp³-hybridized carbons (Fsp3) is 0.692. The molecule has 1 aromatic rings. The molecule has 3 N–H and O–H groups in total. The van der Waals surface area contributed by atoms with E-state index in [-0.39, 0.29) is 5.69 Å². The summed E-state index contributed by atoms with van der Waals surface area (Å²) in [6, 6.07) is 2.29. The molecule has 0 aliphatic carbocycles. The van der Waals surface area contributed by atoms with Gasteiger partial charge in [0, 0.05) is 12.1 Å². The van der Waals surface area contributed by atoms with Gasteiger partial charge in [0.2, 0.25) is 0 Å². The zero-order valence-corrected chi connectivity index (χ0v) is 11.4. The van der Waals surface area contributed by atoms with Crippen LogP contribution in [-0.2, 0) is 6.54 Å². The van der Waals surface area contributed by atoms with E-state index in [9.17, 15) is 4.79 Å². The van der Waals surface area contributed by atoms with Crippen molar-refractivity contribution in [1.82, 2.24) is 15.5 Å². The molecule has 6 heteroatoms. The average Bonchev–Trinajstić information content (AvgIpc) is 2.89. The van der Waals surface area contributed by atoms with E-state index in [4.69, 9.17) is 10.4 Å². The van der Waals surface area contributed by atoms with E-state index < -0.39 is 5.91 Å². The number of carbonyl (C=O) groups is 1. The number of likely N-dealkylation sites (tertiary alicyclic amines) is 1. The smallest absolute Gasteiger partial charge is 0.287 e. The predicted octanol–water partition coefficient (Wildman–Crippen LogP) is 1.43. The van der Waals surface area contributed by atoms with E-state index in [0.29, 0.717) is 6.04 Å². The predicted molar refractivity (Wildman–Crippen MR) is 71.1 cm³/mol. The average molecular weight is 266 g/mol. The topological polar surface area (TPSA) is 84.4 Å². The largest absolute Gasteiger partial charge is 0.359 e. The highest BCUT2D eigenvalue weighted by atomic mass is 16.5. The van der Waals surface area contributed by atoms with Crippen molar-refractivity contribution in [2.45, 2.75) is 51.6 Å². The van der Waals surface area contributed by atoms with Gasteiger partial charge in [-0.05, 0) is 25.8 Å². The van der Waals surface area contributed by atoms with Crippen LogP contribution in [0.4, 0.5) is 0 Å². The second kappa shape index (κ2) is 6.68. The van der Waals surface area contributed by atoms with Crippen LogP contribution in [0.3, 0.4) is 0 Å². The van der Waals surface area contributed by atoms with E-state index in [1.54, 1.807) is 6.07 Å². The number of piperidine rings is 1. The maximum atomic E-state index is 11.3. The van der Waals surface area contributed by atoms with Gasteiger partial charge in [-0.3, -0.25) is 15.1 Å². The highest BCUT2D eigenvalue weighted by Gasteiger charge is 2.23. The summed E-state index contributed by atoms with van der Waals surface area (Å²) in [4.78, 5) is 13.7. The zero-order valence-electron chi connectivity index (χ0n) is 11.4. The Morgan fingerprint density at radius 3 is 3.21 bits per heavy atom. The van der Waals surface area contributed by atoms with Crippen LogP contribution in [0.1, 0.15) is 55.3 Å². The molecule has 106 valence electrons. The Balaban J connectivity index is 1.98. The maximum Gasteiger partial charge on any atom is 0.287 e. The number of nitrogen functional groups attached to an aromatic ring is 1. The van der Waals surface area contributed by atoms with Gasteiger partial charge in [0.05, 0.1) is 6.54 Å². The molecule has 2 rings (SSSR count). The normalized spacial score (nSPS) is 20.4. The van der Waals surface area contributed by atoms with Crippen molar-refractivity contribution >= 4 is 5.91 Å². The molecule has 1 saturated heterocycles. The fourth-order valence-corrected chi connectivity index (χ4v) is 2.70. The molecule has 19 heavy (non-hydrogen) atoms. The van der Waals surface area contributed by atoms with Gasteiger partial charge in [-0.15, -0.1) is 0 Å². The Bertz CT molecular complexity index is 417. The van der Waals surface area contributed by atoms with Crippen molar-refractivity contribution in [2.75, 3.05) is 6.54 Å². The fourth-order valence-electron chi connectivity index (χ4n) is 2.70. The molecule has 1 unspecified atom stereocenters. The summed E-state index contributed by atoms with van der Waals surface area (Å²) in [6.45, 7) is 4.02. The molecule has 1 atom stereocenters. The number of hydrogen-bond donors (Lipinski definition) is 2. The SMILES string of the molecule is CCCC1CCCCN1Cc1cc(C(=O)NN)no1. The number of amides is 1. The lowest BCUT2D eigenvalue weighted by molar-refractivity contribution is 0.0943. The van der Waals surface area contributed by atoms with Crippen molar-refractivity contribution in [1.29, 1.82) is 0 Å². The molecule has 1 fully saturated rings. The van der Waals surface area contributed by atoms with Gasteiger partial charge in [0.1, 0.15) is 0 Å². The van der Waals surface area contributed by atoms with Crippen LogP contribution in [0.25, 0.3) is 0 Å². The second-order valence-corrected chi connectivity index (χ2v) is 5.06. The minimum Gasteiger partial charge on any atom is -0.359 e. The molecule has 0 saturated carbocycles. The minimum atomic E-state index is -0.418. The number of hydrazine groups is 1. The van der Waals surface area contributed by atoms with Gasteiger partial charge in [-0.2, -0.15) is 0 Å². The van der Waals surface area contributed by atoms with Gasteiger partial charge < -0.3 is 4.52 Å². The van der Waals surface area contributed by atoms with Crippen molar-refractivity contribution in [3.8, 4) is 0 Å². The number of rotatable bonds is 5. The van der Waals surface area contributed by atoms with Crippen LogP contribution in [0.2, 0.25) is 0 Å². The summed E-state index contributed by atoms with van der Waals surface area (Å²) in [5, 5.41) is 3.73. The first-order chi connectivity index (χ1) is 9.24. The van der Waals surface area contributed by atoms with Crippen molar-refractivity contribution in [2.24, 2.45) is 5.84 Å². The molecule has 0 spiro atoms. The van der Waals surface area contributed by atoms with Gasteiger partial charge in [0.25, 0.3) is 5.91 Å². The van der Waals surface area contributed by atoms with Crippen LogP contribution >= 0.6 is 0 Å². The molecule has 1 aliphatic rings. The van der Waals surface area contributed by atoms with E-state index in [1.165, 1.54) is 32.1 Å². The summed E-state index contributed by atoms with van der Waals surface area (Å²) in [7, 11) is 0. The first-order valence-corrected chi connectivity index (χ1v) is 6.95. The van der Waals surface area contributed by atoms with E-state index >= 15 is 0 Å². The molecule has 1 amide bonds. The molecule has 0 bridgehead atoms. The molecule has 6 nitrogen and oxygen atoms in total. The first kappa shape index (κ1) is 14.0. The highest BCUT2D eigenvalue weighted by molar-refractivity contribution is 5.91. The summed E-state index contributed by atoms with van der Waals surface area (Å²) in [6.07, 6.45) is 6.18. The quantitative estimate of drug-likeness (QED) is 0.478. The number of aromatic nitrogens is 1. The lowest BCUT2D eigenvalue weighted by Gasteiger charge is -2.34. The Morgan fingerprint density at radius 1 is 1.63 bits per heavy atom. The number of hydrogen-bond acceptors (Lipinski definition) is 5. The Morgan fingerprint density at radius 2 is 2.47 bits per heavy atom. The summed E-state index contributed by atoms with van der Waals surface area (Å²) in [5.74, 6) is 5.37. The third-order valence-corrected chi connectivity index (χ3v) is 3.65. The van der Waals surface area contributed by atoms with Crippen molar-refractivity contribution in [3.63, 3.8) is 0 Å².